The molecule has 0 spiro atoms. The molecule has 3 aromatic rings. The number of hydrogen-bond donors (Lipinski definition) is 2. The van der Waals surface area contributed by atoms with Crippen LogP contribution in [0.5, 0.6) is 0 Å². The third-order valence-corrected chi connectivity index (χ3v) is 5.81. The van der Waals surface area contributed by atoms with E-state index in [4.69, 9.17) is 29.5 Å². The van der Waals surface area contributed by atoms with E-state index in [2.05, 4.69) is 29.4 Å². The number of hydrogen-bond acceptors (Lipinski definition) is 9. The second-order valence-corrected chi connectivity index (χ2v) is 8.37. The Labute approximate surface area is 201 Å². The minimum absolute atomic E-state index is 0.365. The first-order valence-corrected chi connectivity index (χ1v) is 12.3. The normalized spacial score (nSPS) is 16.4. The molecule has 10 nitrogen and oxygen atoms in total. The van der Waals surface area contributed by atoms with E-state index in [1.165, 1.54) is 0 Å². The molecule has 1 aliphatic rings. The molecule has 0 aliphatic carbocycles. The maximum Gasteiger partial charge on any atom is 0.228 e. The van der Waals surface area contributed by atoms with Crippen LogP contribution in [0.1, 0.15) is 39.1 Å². The van der Waals surface area contributed by atoms with Crippen molar-refractivity contribution in [3.8, 4) is 0 Å². The van der Waals surface area contributed by atoms with E-state index in [0.29, 0.717) is 50.8 Å². The number of piperazine rings is 1. The van der Waals surface area contributed by atoms with Crippen LogP contribution < -0.4 is 15.5 Å². The fourth-order valence-electron chi connectivity index (χ4n) is 4.09. The molecule has 4 rings (SSSR count). The number of nitrogens with zero attached hydrogens (tertiary/aromatic N) is 6. The smallest absolute Gasteiger partial charge is 0.228 e. The van der Waals surface area contributed by atoms with Crippen molar-refractivity contribution < 1.29 is 9.47 Å². The fourth-order valence-corrected chi connectivity index (χ4v) is 4.09. The number of ether oxygens (including phenoxy) is 2. The first-order chi connectivity index (χ1) is 16.6. The van der Waals surface area contributed by atoms with Crippen molar-refractivity contribution in [1.82, 2.24) is 30.0 Å². The van der Waals surface area contributed by atoms with Gasteiger partial charge >= 0.3 is 0 Å². The highest BCUT2D eigenvalue weighted by Crippen LogP contribution is 2.29. The first-order valence-electron chi connectivity index (χ1n) is 12.3. The standard InChI is InChI=1S/C24H36N8O2/c1-5-18-9-8-10-20(26-18)27-23-22-21(28-24(29-23)31-12-11-25-17(4)15-31)19(16-34-7-3)30-32(22)13-14-33-6-2/h8-10,17,25H,5-7,11-16H2,1-4H3,(H,26,27,28,29)/t17-/m1/s1. The molecule has 0 amide bonds. The lowest BCUT2D eigenvalue weighted by molar-refractivity contribution is 0.128. The number of fused-ring (bicyclic) bond motifs is 1. The number of aromatic nitrogens is 5. The lowest BCUT2D eigenvalue weighted by Crippen LogP contribution is -2.49. The highest BCUT2D eigenvalue weighted by atomic mass is 16.5. The van der Waals surface area contributed by atoms with Crippen molar-refractivity contribution in [1.29, 1.82) is 0 Å². The van der Waals surface area contributed by atoms with Crippen LogP contribution in [0.15, 0.2) is 18.2 Å². The zero-order valence-corrected chi connectivity index (χ0v) is 20.7. The number of rotatable bonds is 11. The largest absolute Gasteiger partial charge is 0.380 e. The molecular weight excluding hydrogens is 432 g/mol. The van der Waals surface area contributed by atoms with Crippen molar-refractivity contribution in [2.24, 2.45) is 0 Å². The van der Waals surface area contributed by atoms with Gasteiger partial charge in [0.05, 0.1) is 19.8 Å². The number of nitrogens with one attached hydrogen (secondary N) is 2. The van der Waals surface area contributed by atoms with Gasteiger partial charge in [-0.2, -0.15) is 10.1 Å². The van der Waals surface area contributed by atoms with Gasteiger partial charge in [0.2, 0.25) is 5.95 Å². The van der Waals surface area contributed by atoms with Crippen molar-refractivity contribution in [2.45, 2.75) is 53.3 Å². The second-order valence-electron chi connectivity index (χ2n) is 8.37. The van der Waals surface area contributed by atoms with Gasteiger partial charge in [-0.15, -0.1) is 0 Å². The molecule has 0 aromatic carbocycles. The topological polar surface area (TPSA) is 102 Å². The minimum atomic E-state index is 0.365. The van der Waals surface area contributed by atoms with Crippen molar-refractivity contribution in [2.75, 3.05) is 49.7 Å². The first kappa shape index (κ1) is 24.3. The molecule has 0 radical (unpaired) electrons. The highest BCUT2D eigenvalue weighted by molar-refractivity contribution is 5.90. The molecule has 1 fully saturated rings. The van der Waals surface area contributed by atoms with E-state index < -0.39 is 0 Å². The molecule has 0 bridgehead atoms. The summed E-state index contributed by atoms with van der Waals surface area (Å²) < 4.78 is 13.3. The van der Waals surface area contributed by atoms with E-state index >= 15 is 0 Å². The molecule has 0 unspecified atom stereocenters. The van der Waals surface area contributed by atoms with Crippen molar-refractivity contribution in [3.63, 3.8) is 0 Å². The molecule has 1 atom stereocenters. The molecule has 1 saturated heterocycles. The molecule has 1 aliphatic heterocycles. The molecule has 184 valence electrons. The van der Waals surface area contributed by atoms with Crippen LogP contribution in [0.3, 0.4) is 0 Å². The van der Waals surface area contributed by atoms with Gasteiger partial charge in [-0.1, -0.05) is 13.0 Å². The van der Waals surface area contributed by atoms with Gasteiger partial charge in [-0.25, -0.2) is 9.97 Å². The molecule has 0 saturated carbocycles. The monoisotopic (exact) mass is 468 g/mol. The summed E-state index contributed by atoms with van der Waals surface area (Å²) in [6, 6.07) is 6.37. The summed E-state index contributed by atoms with van der Waals surface area (Å²) in [7, 11) is 0. The highest BCUT2D eigenvalue weighted by Gasteiger charge is 2.24. The van der Waals surface area contributed by atoms with Crippen LogP contribution in [0, 0.1) is 0 Å². The van der Waals surface area contributed by atoms with Crippen LogP contribution in [-0.2, 0) is 29.0 Å². The number of pyridine rings is 1. The lowest BCUT2D eigenvalue weighted by Gasteiger charge is -2.32. The molecule has 4 heterocycles. The van der Waals surface area contributed by atoms with Gasteiger partial charge in [0.15, 0.2) is 5.82 Å². The van der Waals surface area contributed by atoms with Crippen molar-refractivity contribution >= 4 is 28.6 Å². The second kappa shape index (κ2) is 11.5. The summed E-state index contributed by atoms with van der Waals surface area (Å²) in [6.07, 6.45) is 0.864. The molecule has 10 heteroatoms. The lowest BCUT2D eigenvalue weighted by atomic mass is 10.2. The van der Waals surface area contributed by atoms with E-state index in [-0.39, 0.29) is 0 Å². The fraction of sp³-hybridized carbons (Fsp3) is 0.583. The van der Waals surface area contributed by atoms with E-state index in [9.17, 15) is 0 Å². The van der Waals surface area contributed by atoms with E-state index in [1.54, 1.807) is 0 Å². The third kappa shape index (κ3) is 5.63. The van der Waals surface area contributed by atoms with E-state index in [1.807, 2.05) is 36.7 Å². The Morgan fingerprint density at radius 1 is 1.12 bits per heavy atom. The zero-order valence-electron chi connectivity index (χ0n) is 20.7. The molecule has 34 heavy (non-hydrogen) atoms. The van der Waals surface area contributed by atoms with E-state index in [0.717, 1.165) is 54.3 Å². The van der Waals surface area contributed by atoms with Crippen LogP contribution >= 0.6 is 0 Å². The summed E-state index contributed by atoms with van der Waals surface area (Å²) in [5.41, 5.74) is 3.46. The van der Waals surface area contributed by atoms with Crippen LogP contribution in [0.2, 0.25) is 0 Å². The predicted octanol–water partition coefficient (Wildman–Crippen LogP) is 2.90. The van der Waals surface area contributed by atoms with Gasteiger partial charge in [0, 0.05) is 44.6 Å². The summed E-state index contributed by atoms with van der Waals surface area (Å²) >= 11 is 0. The Morgan fingerprint density at radius 2 is 1.97 bits per heavy atom. The SMILES string of the molecule is CCOCCn1nc(COCC)c2nc(N3CCN[C@H](C)C3)nc(Nc3cccc(CC)n3)c21. The maximum atomic E-state index is 5.73. The minimum Gasteiger partial charge on any atom is -0.380 e. The predicted molar refractivity (Wildman–Crippen MR) is 134 cm³/mol. The van der Waals surface area contributed by atoms with Crippen LogP contribution in [0.4, 0.5) is 17.6 Å². The summed E-state index contributed by atoms with van der Waals surface area (Å²) in [4.78, 5) is 16.9. The summed E-state index contributed by atoms with van der Waals surface area (Å²) in [5.74, 6) is 2.14. The van der Waals surface area contributed by atoms with Gasteiger partial charge in [-0.3, -0.25) is 4.68 Å². The third-order valence-electron chi connectivity index (χ3n) is 5.81. The maximum absolute atomic E-state index is 5.73. The van der Waals surface area contributed by atoms with Gasteiger partial charge in [0.1, 0.15) is 22.5 Å². The Balaban J connectivity index is 1.82. The quantitative estimate of drug-likeness (QED) is 0.411. The number of aryl methyl sites for hydroxylation is 1. The molecular formula is C24H36N8O2. The Kier molecular flexibility index (Phi) is 8.25. The van der Waals surface area contributed by atoms with Crippen LogP contribution in [-0.4, -0.2) is 70.2 Å². The molecule has 3 aromatic heterocycles. The van der Waals surface area contributed by atoms with Gasteiger partial charge in [0.25, 0.3) is 0 Å². The average Bonchev–Trinajstić information content (AvgIpc) is 3.20. The number of anilines is 3. The Hall–Kier alpha value is -2.82. The Bertz CT molecular complexity index is 1090. The van der Waals surface area contributed by atoms with Crippen LogP contribution in [0.25, 0.3) is 11.0 Å². The Morgan fingerprint density at radius 3 is 2.74 bits per heavy atom. The van der Waals surface area contributed by atoms with Gasteiger partial charge in [-0.05, 0) is 39.3 Å². The van der Waals surface area contributed by atoms with Crippen molar-refractivity contribution in [3.05, 3.63) is 29.6 Å². The van der Waals surface area contributed by atoms with Gasteiger partial charge < -0.3 is 25.0 Å². The molecule has 2 N–H and O–H groups in total. The summed E-state index contributed by atoms with van der Waals surface area (Å²) in [5, 5.41) is 11.8. The average molecular weight is 469 g/mol. The zero-order chi connectivity index (χ0) is 23.9. The summed E-state index contributed by atoms with van der Waals surface area (Å²) in [6.45, 7) is 13.6.